The Labute approximate surface area is 109 Å². The molecular formula is C13H14BrN3. The average molecular weight is 292 g/mol. The van der Waals surface area contributed by atoms with Crippen molar-refractivity contribution in [2.45, 2.75) is 12.5 Å². The highest BCUT2D eigenvalue weighted by Gasteiger charge is 2.11. The van der Waals surface area contributed by atoms with Gasteiger partial charge in [0.1, 0.15) is 0 Å². The van der Waals surface area contributed by atoms with Crippen molar-refractivity contribution in [3.63, 3.8) is 0 Å². The maximum absolute atomic E-state index is 4.41. The zero-order valence-corrected chi connectivity index (χ0v) is 11.2. The van der Waals surface area contributed by atoms with Crippen molar-refractivity contribution in [3.05, 3.63) is 58.6 Å². The Kier molecular flexibility index (Phi) is 4.23. The van der Waals surface area contributed by atoms with Crippen molar-refractivity contribution in [1.82, 2.24) is 15.3 Å². The molecule has 17 heavy (non-hydrogen) atoms. The summed E-state index contributed by atoms with van der Waals surface area (Å²) in [7, 11) is 1.94. The summed E-state index contributed by atoms with van der Waals surface area (Å²) in [6, 6.07) is 10.2. The normalized spacial score (nSPS) is 12.4. The first kappa shape index (κ1) is 12.2. The van der Waals surface area contributed by atoms with Crippen LogP contribution in [0.1, 0.15) is 17.4 Å². The fourth-order valence-electron chi connectivity index (χ4n) is 1.68. The molecule has 0 fully saturated rings. The first-order valence-corrected chi connectivity index (χ1v) is 6.27. The molecule has 2 aromatic rings. The van der Waals surface area contributed by atoms with Gasteiger partial charge in [0.05, 0.1) is 11.7 Å². The van der Waals surface area contributed by atoms with Crippen LogP contribution < -0.4 is 5.32 Å². The minimum atomic E-state index is 0.193. The Hall–Kier alpha value is -1.26. The molecule has 0 aliphatic carbocycles. The minimum absolute atomic E-state index is 0.193. The summed E-state index contributed by atoms with van der Waals surface area (Å²) >= 11 is 3.39. The second-order valence-corrected chi connectivity index (χ2v) is 4.68. The third kappa shape index (κ3) is 3.35. The number of hydrogen-bond acceptors (Lipinski definition) is 3. The van der Waals surface area contributed by atoms with Gasteiger partial charge in [-0.15, -0.1) is 0 Å². The van der Waals surface area contributed by atoms with Crippen molar-refractivity contribution in [1.29, 1.82) is 0 Å². The van der Waals surface area contributed by atoms with Crippen LogP contribution in [0.15, 0.2) is 47.2 Å². The van der Waals surface area contributed by atoms with Crippen LogP contribution in [0.25, 0.3) is 0 Å². The van der Waals surface area contributed by atoms with Gasteiger partial charge >= 0.3 is 0 Å². The van der Waals surface area contributed by atoms with E-state index in [4.69, 9.17) is 0 Å². The van der Waals surface area contributed by atoms with Crippen LogP contribution in [0.3, 0.4) is 0 Å². The number of halogens is 1. The lowest BCUT2D eigenvalue weighted by atomic mass is 10.1. The summed E-state index contributed by atoms with van der Waals surface area (Å²) in [4.78, 5) is 8.74. The van der Waals surface area contributed by atoms with E-state index in [-0.39, 0.29) is 6.04 Å². The summed E-state index contributed by atoms with van der Waals surface area (Å²) in [5.41, 5.74) is 2.10. The molecule has 3 nitrogen and oxygen atoms in total. The molecule has 0 aliphatic rings. The molecule has 0 amide bonds. The van der Waals surface area contributed by atoms with Crippen LogP contribution in [0, 0.1) is 0 Å². The van der Waals surface area contributed by atoms with Crippen LogP contribution in [0.2, 0.25) is 0 Å². The number of hydrogen-bond donors (Lipinski definition) is 1. The fourth-order valence-corrected chi connectivity index (χ4v) is 1.91. The van der Waals surface area contributed by atoms with Crippen LogP contribution >= 0.6 is 15.9 Å². The van der Waals surface area contributed by atoms with Gasteiger partial charge in [-0.1, -0.05) is 6.07 Å². The van der Waals surface area contributed by atoms with E-state index in [1.807, 2.05) is 49.8 Å². The summed E-state index contributed by atoms with van der Waals surface area (Å²) in [6.45, 7) is 0. The zero-order valence-electron chi connectivity index (χ0n) is 9.60. The number of aromatic nitrogens is 2. The molecule has 4 heteroatoms. The molecule has 2 aromatic heterocycles. The number of likely N-dealkylation sites (N-methyl/N-ethyl adjacent to an activating group) is 1. The molecule has 0 aromatic carbocycles. The van der Waals surface area contributed by atoms with E-state index < -0.39 is 0 Å². The van der Waals surface area contributed by atoms with Crippen LogP contribution in [-0.4, -0.2) is 17.0 Å². The molecule has 1 atom stereocenters. The molecule has 0 saturated heterocycles. The van der Waals surface area contributed by atoms with Gasteiger partial charge in [-0.25, -0.2) is 0 Å². The fraction of sp³-hybridized carbons (Fsp3) is 0.231. The second kappa shape index (κ2) is 5.89. The highest BCUT2D eigenvalue weighted by atomic mass is 79.9. The van der Waals surface area contributed by atoms with Crippen LogP contribution in [0.5, 0.6) is 0 Å². The van der Waals surface area contributed by atoms with Gasteiger partial charge in [0, 0.05) is 29.0 Å². The maximum Gasteiger partial charge on any atom is 0.0577 e. The third-order valence-corrected chi connectivity index (χ3v) is 3.06. The minimum Gasteiger partial charge on any atom is -0.311 e. The Morgan fingerprint density at radius 3 is 2.71 bits per heavy atom. The molecule has 0 saturated carbocycles. The molecule has 1 N–H and O–H groups in total. The standard InChI is InChI=1S/C13H14BrN3/c1-15-13(8-11-4-2-3-7-16-11)12-6-5-10(14)9-17-12/h2-7,9,13,15H,8H2,1H3. The molecule has 2 rings (SSSR count). The van der Waals surface area contributed by atoms with Crippen LogP contribution in [0.4, 0.5) is 0 Å². The van der Waals surface area contributed by atoms with Crippen molar-refractivity contribution < 1.29 is 0 Å². The van der Waals surface area contributed by atoms with Crippen molar-refractivity contribution in [3.8, 4) is 0 Å². The lowest BCUT2D eigenvalue weighted by Gasteiger charge is -2.15. The lowest BCUT2D eigenvalue weighted by molar-refractivity contribution is 0.569. The van der Waals surface area contributed by atoms with E-state index in [9.17, 15) is 0 Å². The van der Waals surface area contributed by atoms with E-state index >= 15 is 0 Å². The number of rotatable bonds is 4. The third-order valence-electron chi connectivity index (χ3n) is 2.60. The van der Waals surface area contributed by atoms with Gasteiger partial charge in [-0.2, -0.15) is 0 Å². The van der Waals surface area contributed by atoms with Gasteiger partial charge in [-0.3, -0.25) is 9.97 Å². The molecule has 88 valence electrons. The largest absolute Gasteiger partial charge is 0.311 e. The Morgan fingerprint density at radius 1 is 1.24 bits per heavy atom. The first-order chi connectivity index (χ1) is 8.29. The van der Waals surface area contributed by atoms with E-state index in [0.717, 1.165) is 22.3 Å². The van der Waals surface area contributed by atoms with E-state index in [2.05, 4.69) is 31.2 Å². The van der Waals surface area contributed by atoms with Gasteiger partial charge < -0.3 is 5.32 Å². The Morgan fingerprint density at radius 2 is 2.12 bits per heavy atom. The summed E-state index contributed by atoms with van der Waals surface area (Å²) in [6.07, 6.45) is 4.47. The Balaban J connectivity index is 2.14. The molecule has 2 heterocycles. The summed E-state index contributed by atoms with van der Waals surface area (Å²) in [5.74, 6) is 0. The molecular weight excluding hydrogens is 278 g/mol. The van der Waals surface area contributed by atoms with Crippen LogP contribution in [-0.2, 0) is 6.42 Å². The smallest absolute Gasteiger partial charge is 0.0577 e. The topological polar surface area (TPSA) is 37.8 Å². The van der Waals surface area contributed by atoms with Gasteiger partial charge in [0.15, 0.2) is 0 Å². The molecule has 0 aliphatic heterocycles. The van der Waals surface area contributed by atoms with E-state index in [1.54, 1.807) is 0 Å². The highest BCUT2D eigenvalue weighted by Crippen LogP contribution is 2.16. The lowest BCUT2D eigenvalue weighted by Crippen LogP contribution is -2.20. The predicted molar refractivity (Wildman–Crippen MR) is 71.7 cm³/mol. The van der Waals surface area contributed by atoms with Gasteiger partial charge in [0.2, 0.25) is 0 Å². The number of pyridine rings is 2. The van der Waals surface area contributed by atoms with Crippen molar-refractivity contribution in [2.75, 3.05) is 7.05 Å². The van der Waals surface area contributed by atoms with Gasteiger partial charge in [0.25, 0.3) is 0 Å². The summed E-state index contributed by atoms with van der Waals surface area (Å²) < 4.78 is 0.994. The number of nitrogens with one attached hydrogen (secondary N) is 1. The van der Waals surface area contributed by atoms with E-state index in [0.29, 0.717) is 0 Å². The Bertz CT molecular complexity index is 456. The zero-order chi connectivity index (χ0) is 12.1. The highest BCUT2D eigenvalue weighted by molar-refractivity contribution is 9.10. The predicted octanol–water partition coefficient (Wildman–Crippen LogP) is 2.74. The molecule has 0 radical (unpaired) electrons. The average Bonchev–Trinajstić information content (AvgIpc) is 2.38. The first-order valence-electron chi connectivity index (χ1n) is 5.48. The van der Waals surface area contributed by atoms with Crippen molar-refractivity contribution >= 4 is 15.9 Å². The summed E-state index contributed by atoms with van der Waals surface area (Å²) in [5, 5.41) is 3.27. The number of nitrogens with zero attached hydrogens (tertiary/aromatic N) is 2. The SMILES string of the molecule is CNC(Cc1ccccn1)c1ccc(Br)cn1. The molecule has 1 unspecified atom stereocenters. The molecule has 0 spiro atoms. The van der Waals surface area contributed by atoms with E-state index in [1.165, 1.54) is 0 Å². The second-order valence-electron chi connectivity index (χ2n) is 3.77. The van der Waals surface area contributed by atoms with Gasteiger partial charge in [-0.05, 0) is 47.2 Å². The van der Waals surface area contributed by atoms with Crippen molar-refractivity contribution in [2.24, 2.45) is 0 Å². The quantitative estimate of drug-likeness (QED) is 0.941. The monoisotopic (exact) mass is 291 g/mol. The maximum atomic E-state index is 4.41. The molecule has 0 bridgehead atoms.